The summed E-state index contributed by atoms with van der Waals surface area (Å²) in [7, 11) is 0. The first-order valence-corrected chi connectivity index (χ1v) is 7.61. The molecule has 1 N–H and O–H groups in total. The van der Waals surface area contributed by atoms with Gasteiger partial charge in [0.25, 0.3) is 5.91 Å². The van der Waals surface area contributed by atoms with Crippen LogP contribution in [0.4, 0.5) is 5.69 Å². The van der Waals surface area contributed by atoms with Crippen LogP contribution in [0.2, 0.25) is 0 Å². The number of hydrogen-bond donors (Lipinski definition) is 1. The van der Waals surface area contributed by atoms with Gasteiger partial charge < -0.3 is 5.32 Å². The van der Waals surface area contributed by atoms with E-state index in [0.29, 0.717) is 22.4 Å². The molecule has 7 heteroatoms. The fraction of sp³-hybridized carbons (Fsp3) is 0.133. The molecule has 3 aromatic rings. The molecule has 1 amide bonds. The van der Waals surface area contributed by atoms with Gasteiger partial charge in [0.05, 0.1) is 10.2 Å². The van der Waals surface area contributed by atoms with Crippen LogP contribution in [0.25, 0.3) is 5.69 Å². The predicted octanol–water partition coefficient (Wildman–Crippen LogP) is 3.10. The number of anilines is 1. The Labute approximate surface area is 135 Å². The van der Waals surface area contributed by atoms with E-state index >= 15 is 0 Å². The molecule has 22 heavy (non-hydrogen) atoms. The monoisotopic (exact) mass is 359 g/mol. The highest BCUT2D eigenvalue weighted by Crippen LogP contribution is 2.18. The number of amides is 1. The van der Waals surface area contributed by atoms with E-state index < -0.39 is 0 Å². The number of nitrogens with one attached hydrogen (secondary N) is 1. The first-order valence-electron chi connectivity index (χ1n) is 6.81. The van der Waals surface area contributed by atoms with Crippen LogP contribution < -0.4 is 5.32 Å². The molecule has 0 radical (unpaired) electrons. The Kier molecular flexibility index (Phi) is 4.06. The van der Waals surface area contributed by atoms with Crippen LogP contribution in [0.5, 0.6) is 0 Å². The second-order valence-electron chi connectivity index (χ2n) is 4.63. The molecule has 0 saturated heterocycles. The van der Waals surface area contributed by atoms with Crippen LogP contribution in [0, 0.1) is 0 Å². The molecule has 0 atom stereocenters. The normalized spacial score (nSPS) is 10.6. The SMILES string of the molecule is CCn1cc(Br)c(C(=O)Nc2ccc(-n3cccn3)cc2)n1. The van der Waals surface area contributed by atoms with Crippen LogP contribution in [0.3, 0.4) is 0 Å². The summed E-state index contributed by atoms with van der Waals surface area (Å²) in [4.78, 5) is 12.2. The molecule has 2 aromatic heterocycles. The lowest BCUT2D eigenvalue weighted by Gasteiger charge is -2.06. The summed E-state index contributed by atoms with van der Waals surface area (Å²) in [5, 5.41) is 11.2. The Bertz CT molecular complexity index is 777. The minimum atomic E-state index is -0.245. The number of nitrogens with zero attached hydrogens (tertiary/aromatic N) is 4. The third kappa shape index (κ3) is 2.94. The van der Waals surface area contributed by atoms with Crippen molar-refractivity contribution in [3.63, 3.8) is 0 Å². The number of halogens is 1. The Hall–Kier alpha value is -2.41. The maximum Gasteiger partial charge on any atom is 0.277 e. The van der Waals surface area contributed by atoms with Gasteiger partial charge in [0, 0.05) is 30.8 Å². The van der Waals surface area contributed by atoms with Gasteiger partial charge in [0.15, 0.2) is 5.69 Å². The maximum atomic E-state index is 12.2. The first-order chi connectivity index (χ1) is 10.7. The molecule has 0 aliphatic rings. The van der Waals surface area contributed by atoms with Crippen LogP contribution in [-0.2, 0) is 6.54 Å². The zero-order valence-corrected chi connectivity index (χ0v) is 13.5. The van der Waals surface area contributed by atoms with Gasteiger partial charge in [-0.15, -0.1) is 0 Å². The van der Waals surface area contributed by atoms with Crippen molar-refractivity contribution < 1.29 is 4.79 Å². The van der Waals surface area contributed by atoms with Crippen molar-refractivity contribution >= 4 is 27.5 Å². The second-order valence-corrected chi connectivity index (χ2v) is 5.49. The van der Waals surface area contributed by atoms with Crippen LogP contribution in [-0.4, -0.2) is 25.5 Å². The van der Waals surface area contributed by atoms with E-state index in [0.717, 1.165) is 5.69 Å². The van der Waals surface area contributed by atoms with Gasteiger partial charge in [-0.1, -0.05) is 0 Å². The Morgan fingerprint density at radius 2 is 2.09 bits per heavy atom. The lowest BCUT2D eigenvalue weighted by molar-refractivity contribution is 0.102. The summed E-state index contributed by atoms with van der Waals surface area (Å²) in [5.41, 5.74) is 2.01. The average molecular weight is 360 g/mol. The van der Waals surface area contributed by atoms with Gasteiger partial charge >= 0.3 is 0 Å². The lowest BCUT2D eigenvalue weighted by atomic mass is 10.2. The Morgan fingerprint density at radius 1 is 1.32 bits per heavy atom. The number of rotatable bonds is 4. The summed E-state index contributed by atoms with van der Waals surface area (Å²) >= 11 is 3.35. The fourth-order valence-corrected chi connectivity index (χ4v) is 2.52. The third-order valence-corrected chi connectivity index (χ3v) is 3.73. The number of hydrogen-bond acceptors (Lipinski definition) is 3. The van der Waals surface area contributed by atoms with Crippen molar-refractivity contribution in [2.45, 2.75) is 13.5 Å². The van der Waals surface area contributed by atoms with Crippen molar-refractivity contribution in [2.24, 2.45) is 0 Å². The Balaban J connectivity index is 1.75. The molecule has 0 aliphatic heterocycles. The number of carbonyl (C=O) groups is 1. The van der Waals surface area contributed by atoms with Crippen LogP contribution in [0.1, 0.15) is 17.4 Å². The van der Waals surface area contributed by atoms with E-state index in [1.54, 1.807) is 21.8 Å². The van der Waals surface area contributed by atoms with Crippen molar-refractivity contribution in [2.75, 3.05) is 5.32 Å². The number of aryl methyl sites for hydroxylation is 1. The first kappa shape index (κ1) is 14.5. The van der Waals surface area contributed by atoms with Gasteiger partial charge in [0.2, 0.25) is 0 Å². The standard InChI is InChI=1S/C15H14BrN5O/c1-2-20-10-13(16)14(19-20)15(22)18-11-4-6-12(7-5-11)21-9-3-8-17-21/h3-10H,2H2,1H3,(H,18,22). The molecule has 3 rings (SSSR count). The van der Waals surface area contributed by atoms with Gasteiger partial charge in [-0.25, -0.2) is 4.68 Å². The molecular formula is C15H14BrN5O. The topological polar surface area (TPSA) is 64.7 Å². The van der Waals surface area contributed by atoms with E-state index in [9.17, 15) is 4.79 Å². The smallest absolute Gasteiger partial charge is 0.277 e. The number of benzene rings is 1. The van der Waals surface area contributed by atoms with Crippen molar-refractivity contribution in [3.8, 4) is 5.69 Å². The van der Waals surface area contributed by atoms with Gasteiger partial charge in [-0.3, -0.25) is 9.48 Å². The quantitative estimate of drug-likeness (QED) is 0.778. The van der Waals surface area contributed by atoms with E-state index in [4.69, 9.17) is 0 Å². The minimum absolute atomic E-state index is 0.245. The summed E-state index contributed by atoms with van der Waals surface area (Å²) in [6, 6.07) is 9.31. The van der Waals surface area contributed by atoms with Gasteiger partial charge in [0.1, 0.15) is 0 Å². The van der Waals surface area contributed by atoms with Crippen molar-refractivity contribution in [1.29, 1.82) is 0 Å². The van der Waals surface area contributed by atoms with Crippen molar-refractivity contribution in [3.05, 3.63) is 59.1 Å². The molecule has 2 heterocycles. The van der Waals surface area contributed by atoms with Crippen LogP contribution in [0.15, 0.2) is 53.4 Å². The second kappa shape index (κ2) is 6.15. The van der Waals surface area contributed by atoms with Gasteiger partial charge in [-0.2, -0.15) is 10.2 Å². The molecule has 0 unspecified atom stereocenters. The fourth-order valence-electron chi connectivity index (χ4n) is 2.02. The third-order valence-electron chi connectivity index (χ3n) is 3.15. The molecular weight excluding hydrogens is 346 g/mol. The van der Waals surface area contributed by atoms with Crippen molar-refractivity contribution in [1.82, 2.24) is 19.6 Å². The highest BCUT2D eigenvalue weighted by molar-refractivity contribution is 9.10. The molecule has 112 valence electrons. The average Bonchev–Trinajstić information content (AvgIpc) is 3.17. The highest BCUT2D eigenvalue weighted by atomic mass is 79.9. The van der Waals surface area contributed by atoms with E-state index in [1.807, 2.05) is 43.5 Å². The molecule has 0 fully saturated rings. The molecule has 0 bridgehead atoms. The number of carbonyl (C=O) groups excluding carboxylic acids is 1. The number of aromatic nitrogens is 4. The zero-order chi connectivity index (χ0) is 15.5. The van der Waals surface area contributed by atoms with E-state index in [1.165, 1.54) is 0 Å². The van der Waals surface area contributed by atoms with Gasteiger partial charge in [-0.05, 0) is 53.2 Å². The van der Waals surface area contributed by atoms with Crippen LogP contribution >= 0.6 is 15.9 Å². The zero-order valence-electron chi connectivity index (χ0n) is 11.9. The Morgan fingerprint density at radius 3 is 2.68 bits per heavy atom. The molecule has 0 saturated carbocycles. The molecule has 6 nitrogen and oxygen atoms in total. The maximum absolute atomic E-state index is 12.2. The highest BCUT2D eigenvalue weighted by Gasteiger charge is 2.15. The molecule has 0 aliphatic carbocycles. The van der Waals surface area contributed by atoms with E-state index in [2.05, 4.69) is 31.4 Å². The molecule has 0 spiro atoms. The lowest BCUT2D eigenvalue weighted by Crippen LogP contribution is -2.13. The molecule has 1 aromatic carbocycles. The summed E-state index contributed by atoms with van der Waals surface area (Å²) in [6.07, 6.45) is 5.37. The van der Waals surface area contributed by atoms with E-state index in [-0.39, 0.29) is 5.91 Å². The summed E-state index contributed by atoms with van der Waals surface area (Å²) in [5.74, 6) is -0.245. The summed E-state index contributed by atoms with van der Waals surface area (Å²) < 4.78 is 4.14. The summed E-state index contributed by atoms with van der Waals surface area (Å²) in [6.45, 7) is 2.68. The minimum Gasteiger partial charge on any atom is -0.321 e. The largest absolute Gasteiger partial charge is 0.321 e. The predicted molar refractivity (Wildman–Crippen MR) is 87.1 cm³/mol.